The van der Waals surface area contributed by atoms with Gasteiger partial charge in [0.05, 0.1) is 19.6 Å². The highest BCUT2D eigenvalue weighted by Gasteiger charge is 2.25. The number of rotatable bonds is 15. The van der Waals surface area contributed by atoms with Gasteiger partial charge in [0.25, 0.3) is 0 Å². The third kappa shape index (κ3) is 10.2. The molecule has 1 aromatic rings. The molecule has 4 N–H and O–H groups in total. The van der Waals surface area contributed by atoms with Crippen LogP contribution in [0.4, 0.5) is 5.69 Å². The van der Waals surface area contributed by atoms with Gasteiger partial charge in [0.15, 0.2) is 0 Å². The average molecular weight is 424 g/mol. The Kier molecular flexibility index (Phi) is 10.8. The van der Waals surface area contributed by atoms with Crippen molar-refractivity contribution >= 4 is 23.6 Å². The second kappa shape index (κ2) is 12.8. The summed E-state index contributed by atoms with van der Waals surface area (Å²) in [5.41, 5.74) is 1.91. The number of aliphatic carboxylic acids is 3. The molecule has 10 heteroatoms. The van der Waals surface area contributed by atoms with Crippen LogP contribution < -0.4 is 5.32 Å². The first-order chi connectivity index (χ1) is 14.1. The van der Waals surface area contributed by atoms with E-state index in [1.54, 1.807) is 11.9 Å². The minimum Gasteiger partial charge on any atom is -0.480 e. The number of benzene rings is 1. The van der Waals surface area contributed by atoms with Crippen molar-refractivity contribution in [3.63, 3.8) is 0 Å². The van der Waals surface area contributed by atoms with Gasteiger partial charge in [-0.2, -0.15) is 0 Å². The van der Waals surface area contributed by atoms with Gasteiger partial charge in [0.1, 0.15) is 0 Å². The van der Waals surface area contributed by atoms with Crippen LogP contribution in [0.2, 0.25) is 0 Å². The lowest BCUT2D eigenvalue weighted by Crippen LogP contribution is -2.49. The van der Waals surface area contributed by atoms with Crippen LogP contribution in [0.25, 0.3) is 0 Å². The van der Waals surface area contributed by atoms with Gasteiger partial charge in [-0.05, 0) is 38.2 Å². The molecule has 0 aliphatic heterocycles. The molecule has 0 bridgehead atoms. The fourth-order valence-corrected chi connectivity index (χ4v) is 3.15. The van der Waals surface area contributed by atoms with Crippen molar-refractivity contribution in [2.45, 2.75) is 12.5 Å². The predicted octanol–water partition coefficient (Wildman–Crippen LogP) is 0.0588. The Morgan fingerprint density at radius 1 is 0.867 bits per heavy atom. The summed E-state index contributed by atoms with van der Waals surface area (Å²) in [4.78, 5) is 38.5. The molecule has 1 unspecified atom stereocenters. The SMILES string of the molecule is CNc1ccc(CC(CN(C)CCN(C)CC(=O)O)N(CC(=O)O)CC(=O)O)cc1. The van der Waals surface area contributed by atoms with E-state index in [1.807, 2.05) is 43.3 Å². The number of carboxylic acids is 3. The maximum Gasteiger partial charge on any atom is 0.317 e. The highest BCUT2D eigenvalue weighted by molar-refractivity contribution is 5.72. The van der Waals surface area contributed by atoms with Gasteiger partial charge in [-0.25, -0.2) is 0 Å². The maximum absolute atomic E-state index is 11.3. The molecule has 30 heavy (non-hydrogen) atoms. The smallest absolute Gasteiger partial charge is 0.317 e. The summed E-state index contributed by atoms with van der Waals surface area (Å²) in [7, 11) is 5.38. The van der Waals surface area contributed by atoms with Crippen LogP contribution in [-0.4, -0.2) is 114 Å². The summed E-state index contributed by atoms with van der Waals surface area (Å²) in [6.45, 7) is 0.697. The minimum absolute atomic E-state index is 0.0702. The van der Waals surface area contributed by atoms with Crippen LogP contribution in [-0.2, 0) is 20.8 Å². The molecule has 1 atom stereocenters. The monoisotopic (exact) mass is 424 g/mol. The number of nitrogens with one attached hydrogen (secondary N) is 1. The fraction of sp³-hybridized carbons (Fsp3) is 0.550. The van der Waals surface area contributed by atoms with Crippen molar-refractivity contribution in [3.05, 3.63) is 29.8 Å². The number of carboxylic acid groups (broad SMARTS) is 3. The van der Waals surface area contributed by atoms with Gasteiger partial charge in [-0.3, -0.25) is 24.2 Å². The molecule has 0 aliphatic carbocycles. The molecule has 0 amide bonds. The van der Waals surface area contributed by atoms with E-state index in [2.05, 4.69) is 5.32 Å². The number of hydrogen-bond donors (Lipinski definition) is 4. The van der Waals surface area contributed by atoms with E-state index in [1.165, 1.54) is 4.90 Å². The molecule has 10 nitrogen and oxygen atoms in total. The lowest BCUT2D eigenvalue weighted by Gasteiger charge is -2.33. The molecular weight excluding hydrogens is 392 g/mol. The molecule has 1 rings (SSSR count). The zero-order chi connectivity index (χ0) is 22.7. The molecule has 0 saturated carbocycles. The van der Waals surface area contributed by atoms with E-state index < -0.39 is 17.9 Å². The fourth-order valence-electron chi connectivity index (χ4n) is 3.15. The average Bonchev–Trinajstić information content (AvgIpc) is 2.64. The number of carbonyl (C=O) groups is 3. The highest BCUT2D eigenvalue weighted by atomic mass is 16.4. The van der Waals surface area contributed by atoms with Crippen LogP contribution >= 0.6 is 0 Å². The lowest BCUT2D eigenvalue weighted by atomic mass is 10.0. The van der Waals surface area contributed by atoms with E-state index >= 15 is 0 Å². The predicted molar refractivity (Wildman–Crippen MR) is 113 cm³/mol. The van der Waals surface area contributed by atoms with E-state index in [4.69, 9.17) is 5.11 Å². The summed E-state index contributed by atoms with van der Waals surface area (Å²) < 4.78 is 0. The van der Waals surface area contributed by atoms with Crippen molar-refractivity contribution in [2.24, 2.45) is 0 Å². The quantitative estimate of drug-likeness (QED) is 0.306. The van der Waals surface area contributed by atoms with Crippen molar-refractivity contribution < 1.29 is 29.7 Å². The Balaban J connectivity index is 2.91. The van der Waals surface area contributed by atoms with E-state index in [-0.39, 0.29) is 25.7 Å². The van der Waals surface area contributed by atoms with Gasteiger partial charge >= 0.3 is 17.9 Å². The van der Waals surface area contributed by atoms with Crippen molar-refractivity contribution in [1.82, 2.24) is 14.7 Å². The van der Waals surface area contributed by atoms with Crippen molar-refractivity contribution in [1.29, 1.82) is 0 Å². The van der Waals surface area contributed by atoms with Crippen LogP contribution in [0.5, 0.6) is 0 Å². The molecule has 0 aromatic heterocycles. The van der Waals surface area contributed by atoms with E-state index in [0.29, 0.717) is 26.1 Å². The van der Waals surface area contributed by atoms with Gasteiger partial charge in [0.2, 0.25) is 0 Å². The first-order valence-electron chi connectivity index (χ1n) is 9.64. The van der Waals surface area contributed by atoms with Crippen molar-refractivity contribution in [2.75, 3.05) is 65.7 Å². The minimum atomic E-state index is -1.09. The molecule has 0 fully saturated rings. The molecule has 0 radical (unpaired) electrons. The largest absolute Gasteiger partial charge is 0.480 e. The molecule has 0 spiro atoms. The van der Waals surface area contributed by atoms with Gasteiger partial charge < -0.3 is 25.5 Å². The normalized spacial score (nSPS) is 12.3. The van der Waals surface area contributed by atoms with Gasteiger partial charge in [0, 0.05) is 38.4 Å². The van der Waals surface area contributed by atoms with Crippen molar-refractivity contribution in [3.8, 4) is 0 Å². The number of nitrogens with zero attached hydrogens (tertiary/aromatic N) is 3. The second-order valence-corrected chi connectivity index (χ2v) is 7.39. The van der Waals surface area contributed by atoms with Gasteiger partial charge in [-0.15, -0.1) is 0 Å². The zero-order valence-corrected chi connectivity index (χ0v) is 17.7. The summed E-state index contributed by atoms with van der Waals surface area (Å²) in [6, 6.07) is 7.34. The highest BCUT2D eigenvalue weighted by Crippen LogP contribution is 2.14. The Hall–Kier alpha value is -2.69. The Bertz CT molecular complexity index is 681. The van der Waals surface area contributed by atoms with Crippen LogP contribution in [0.15, 0.2) is 24.3 Å². The van der Waals surface area contributed by atoms with Crippen LogP contribution in [0, 0.1) is 0 Å². The third-order valence-electron chi connectivity index (χ3n) is 4.70. The van der Waals surface area contributed by atoms with E-state index in [0.717, 1.165) is 11.3 Å². The maximum atomic E-state index is 11.3. The molecule has 0 aliphatic rings. The molecule has 1 aromatic carbocycles. The standard InChI is InChI=1S/C20H32N4O6/c1-21-16-6-4-15(5-7-16)10-17(24(13-19(27)28)14-20(29)30)11-22(2)8-9-23(3)12-18(25)26/h4-7,17,21H,8-14H2,1-3H3,(H,25,26)(H,27,28)(H,29,30). The first kappa shape index (κ1) is 25.3. The van der Waals surface area contributed by atoms with E-state index in [9.17, 15) is 24.6 Å². The summed E-state index contributed by atoms with van der Waals surface area (Å²) in [5.74, 6) is -3.08. The second-order valence-electron chi connectivity index (χ2n) is 7.39. The topological polar surface area (TPSA) is 134 Å². The van der Waals surface area contributed by atoms with Crippen LogP contribution in [0.1, 0.15) is 5.56 Å². The third-order valence-corrected chi connectivity index (χ3v) is 4.70. The Morgan fingerprint density at radius 3 is 1.83 bits per heavy atom. The number of likely N-dealkylation sites (N-methyl/N-ethyl adjacent to an activating group) is 2. The van der Waals surface area contributed by atoms with Gasteiger partial charge in [-0.1, -0.05) is 12.1 Å². The number of hydrogen-bond acceptors (Lipinski definition) is 7. The first-order valence-corrected chi connectivity index (χ1v) is 9.64. The number of anilines is 1. The summed E-state index contributed by atoms with van der Waals surface area (Å²) in [6.07, 6.45) is 0.486. The Morgan fingerprint density at radius 2 is 1.37 bits per heavy atom. The zero-order valence-electron chi connectivity index (χ0n) is 17.7. The lowest BCUT2D eigenvalue weighted by molar-refractivity contribution is -0.143. The summed E-state index contributed by atoms with van der Waals surface area (Å²) >= 11 is 0. The summed E-state index contributed by atoms with van der Waals surface area (Å²) in [5, 5.41) is 30.4. The molecule has 0 heterocycles. The van der Waals surface area contributed by atoms with Crippen LogP contribution in [0.3, 0.4) is 0 Å². The Labute approximate surface area is 176 Å². The molecular formula is C20H32N4O6. The molecule has 168 valence electrons. The molecule has 0 saturated heterocycles.